The van der Waals surface area contributed by atoms with Gasteiger partial charge in [-0.2, -0.15) is 5.10 Å². The van der Waals surface area contributed by atoms with E-state index in [-0.39, 0.29) is 6.04 Å². The standard InChI is InChI=1S/C12H15N3/c1-9(13)12-8-11(14-15(12)2)10-6-4-3-5-7-10/h3-9H,13H2,1-2H3/t9-/m0/s1. The van der Waals surface area contributed by atoms with Gasteiger partial charge in [0.15, 0.2) is 0 Å². The third-order valence-electron chi connectivity index (χ3n) is 2.45. The van der Waals surface area contributed by atoms with E-state index in [2.05, 4.69) is 5.10 Å². The number of nitrogens with two attached hydrogens (primary N) is 1. The lowest BCUT2D eigenvalue weighted by Gasteiger charge is -2.03. The van der Waals surface area contributed by atoms with Crippen LogP contribution >= 0.6 is 0 Å². The van der Waals surface area contributed by atoms with E-state index < -0.39 is 0 Å². The lowest BCUT2D eigenvalue weighted by Crippen LogP contribution is -2.10. The van der Waals surface area contributed by atoms with Gasteiger partial charge in [0.2, 0.25) is 0 Å². The van der Waals surface area contributed by atoms with E-state index in [0.29, 0.717) is 0 Å². The van der Waals surface area contributed by atoms with Gasteiger partial charge in [-0.25, -0.2) is 0 Å². The van der Waals surface area contributed by atoms with Crippen molar-refractivity contribution in [3.05, 3.63) is 42.1 Å². The fraction of sp³-hybridized carbons (Fsp3) is 0.250. The minimum Gasteiger partial charge on any atom is -0.323 e. The molecule has 2 N–H and O–H groups in total. The maximum atomic E-state index is 5.85. The van der Waals surface area contributed by atoms with Gasteiger partial charge in [0.25, 0.3) is 0 Å². The normalized spacial score (nSPS) is 12.7. The molecule has 0 bridgehead atoms. The van der Waals surface area contributed by atoms with Gasteiger partial charge >= 0.3 is 0 Å². The first-order chi connectivity index (χ1) is 7.18. The molecule has 1 aromatic carbocycles. The molecule has 0 aliphatic rings. The van der Waals surface area contributed by atoms with Crippen LogP contribution in [0.25, 0.3) is 11.3 Å². The maximum Gasteiger partial charge on any atom is 0.0926 e. The second-order valence-corrected chi connectivity index (χ2v) is 3.73. The van der Waals surface area contributed by atoms with E-state index >= 15 is 0 Å². The molecule has 0 amide bonds. The highest BCUT2D eigenvalue weighted by atomic mass is 15.3. The summed E-state index contributed by atoms with van der Waals surface area (Å²) in [6.07, 6.45) is 0. The Kier molecular flexibility index (Phi) is 2.56. The van der Waals surface area contributed by atoms with Crippen molar-refractivity contribution in [2.75, 3.05) is 0 Å². The number of nitrogens with zero attached hydrogens (tertiary/aromatic N) is 2. The zero-order valence-corrected chi connectivity index (χ0v) is 9.01. The van der Waals surface area contributed by atoms with Gasteiger partial charge in [0.05, 0.1) is 11.4 Å². The Hall–Kier alpha value is -1.61. The lowest BCUT2D eigenvalue weighted by atomic mass is 10.1. The van der Waals surface area contributed by atoms with Gasteiger partial charge in [0, 0.05) is 18.7 Å². The molecule has 2 aromatic rings. The first-order valence-corrected chi connectivity index (χ1v) is 5.03. The zero-order chi connectivity index (χ0) is 10.8. The Morgan fingerprint density at radius 2 is 1.93 bits per heavy atom. The van der Waals surface area contributed by atoms with E-state index in [9.17, 15) is 0 Å². The average Bonchev–Trinajstić information content (AvgIpc) is 2.62. The highest BCUT2D eigenvalue weighted by Gasteiger charge is 2.09. The number of rotatable bonds is 2. The molecule has 0 radical (unpaired) electrons. The van der Waals surface area contributed by atoms with Crippen molar-refractivity contribution in [3.63, 3.8) is 0 Å². The summed E-state index contributed by atoms with van der Waals surface area (Å²) in [6, 6.07) is 12.2. The van der Waals surface area contributed by atoms with E-state index in [4.69, 9.17) is 5.73 Å². The average molecular weight is 201 g/mol. The summed E-state index contributed by atoms with van der Waals surface area (Å²) in [5.41, 5.74) is 9.00. The van der Waals surface area contributed by atoms with Gasteiger partial charge in [-0.15, -0.1) is 0 Å². The second-order valence-electron chi connectivity index (χ2n) is 3.73. The molecule has 1 aromatic heterocycles. The van der Waals surface area contributed by atoms with Crippen LogP contribution in [0.3, 0.4) is 0 Å². The molecule has 0 unspecified atom stereocenters. The van der Waals surface area contributed by atoms with E-state index in [1.807, 2.05) is 55.1 Å². The number of hydrogen-bond acceptors (Lipinski definition) is 2. The lowest BCUT2D eigenvalue weighted by molar-refractivity contribution is 0.655. The van der Waals surface area contributed by atoms with Crippen LogP contribution in [0.4, 0.5) is 0 Å². The summed E-state index contributed by atoms with van der Waals surface area (Å²) < 4.78 is 1.84. The van der Waals surface area contributed by atoms with Crippen molar-refractivity contribution in [2.45, 2.75) is 13.0 Å². The molecular formula is C12H15N3. The molecule has 0 saturated carbocycles. The minimum absolute atomic E-state index is 0.0139. The Balaban J connectivity index is 2.43. The van der Waals surface area contributed by atoms with Crippen molar-refractivity contribution in [2.24, 2.45) is 12.8 Å². The molecule has 0 fully saturated rings. The Morgan fingerprint density at radius 1 is 1.27 bits per heavy atom. The van der Waals surface area contributed by atoms with Gasteiger partial charge < -0.3 is 5.73 Å². The number of aryl methyl sites for hydroxylation is 1. The smallest absolute Gasteiger partial charge is 0.0926 e. The number of hydrogen-bond donors (Lipinski definition) is 1. The molecule has 3 heteroatoms. The largest absolute Gasteiger partial charge is 0.323 e. The van der Waals surface area contributed by atoms with Crippen LogP contribution in [0.2, 0.25) is 0 Å². The second kappa shape index (κ2) is 3.87. The minimum atomic E-state index is 0.0139. The van der Waals surface area contributed by atoms with Crippen LogP contribution < -0.4 is 5.73 Å². The Labute approximate surface area is 89.5 Å². The van der Waals surface area contributed by atoms with E-state index in [1.165, 1.54) is 0 Å². The Bertz CT molecular complexity index is 443. The topological polar surface area (TPSA) is 43.8 Å². The van der Waals surface area contributed by atoms with Gasteiger partial charge in [-0.3, -0.25) is 4.68 Å². The van der Waals surface area contributed by atoms with Crippen molar-refractivity contribution in [1.82, 2.24) is 9.78 Å². The first-order valence-electron chi connectivity index (χ1n) is 5.03. The quantitative estimate of drug-likeness (QED) is 0.808. The molecule has 0 saturated heterocycles. The Morgan fingerprint density at radius 3 is 2.47 bits per heavy atom. The van der Waals surface area contributed by atoms with Crippen LogP contribution in [0, 0.1) is 0 Å². The fourth-order valence-electron chi connectivity index (χ4n) is 1.66. The zero-order valence-electron chi connectivity index (χ0n) is 9.01. The summed E-state index contributed by atoms with van der Waals surface area (Å²) in [6.45, 7) is 1.96. The molecular weight excluding hydrogens is 186 g/mol. The number of aromatic nitrogens is 2. The molecule has 0 aliphatic carbocycles. The van der Waals surface area contributed by atoms with Crippen molar-refractivity contribution in [3.8, 4) is 11.3 Å². The summed E-state index contributed by atoms with van der Waals surface area (Å²) in [5, 5.41) is 4.44. The molecule has 15 heavy (non-hydrogen) atoms. The van der Waals surface area contributed by atoms with Crippen LogP contribution in [-0.4, -0.2) is 9.78 Å². The molecule has 2 rings (SSSR count). The predicted octanol–water partition coefficient (Wildman–Crippen LogP) is 2.11. The van der Waals surface area contributed by atoms with Gasteiger partial charge in [-0.1, -0.05) is 30.3 Å². The summed E-state index contributed by atoms with van der Waals surface area (Å²) in [5.74, 6) is 0. The third kappa shape index (κ3) is 1.92. The van der Waals surface area contributed by atoms with E-state index in [0.717, 1.165) is 17.0 Å². The van der Waals surface area contributed by atoms with Crippen molar-refractivity contribution >= 4 is 0 Å². The van der Waals surface area contributed by atoms with Crippen molar-refractivity contribution in [1.29, 1.82) is 0 Å². The monoisotopic (exact) mass is 201 g/mol. The van der Waals surface area contributed by atoms with E-state index in [1.54, 1.807) is 0 Å². The van der Waals surface area contributed by atoms with Gasteiger partial charge in [0.1, 0.15) is 0 Å². The molecule has 1 atom stereocenters. The molecule has 3 nitrogen and oxygen atoms in total. The predicted molar refractivity (Wildman–Crippen MR) is 61.2 cm³/mol. The van der Waals surface area contributed by atoms with Crippen LogP contribution in [-0.2, 0) is 7.05 Å². The summed E-state index contributed by atoms with van der Waals surface area (Å²) in [7, 11) is 1.92. The summed E-state index contributed by atoms with van der Waals surface area (Å²) >= 11 is 0. The van der Waals surface area contributed by atoms with Crippen LogP contribution in [0.5, 0.6) is 0 Å². The highest BCUT2D eigenvalue weighted by Crippen LogP contribution is 2.20. The molecule has 0 aliphatic heterocycles. The highest BCUT2D eigenvalue weighted by molar-refractivity contribution is 5.59. The maximum absolute atomic E-state index is 5.85. The molecule has 0 spiro atoms. The fourth-order valence-corrected chi connectivity index (χ4v) is 1.66. The third-order valence-corrected chi connectivity index (χ3v) is 2.45. The summed E-state index contributed by atoms with van der Waals surface area (Å²) in [4.78, 5) is 0. The van der Waals surface area contributed by atoms with Crippen LogP contribution in [0.15, 0.2) is 36.4 Å². The number of benzene rings is 1. The van der Waals surface area contributed by atoms with Gasteiger partial charge in [-0.05, 0) is 13.0 Å². The molecule has 1 heterocycles. The van der Waals surface area contributed by atoms with Crippen LogP contribution in [0.1, 0.15) is 18.7 Å². The van der Waals surface area contributed by atoms with Crippen molar-refractivity contribution < 1.29 is 0 Å². The SMILES string of the molecule is C[C@H](N)c1cc(-c2ccccc2)nn1C. The molecule has 78 valence electrons. The first kappa shape index (κ1) is 9.93.